The molecule has 0 aliphatic heterocycles. The van der Waals surface area contributed by atoms with E-state index in [2.05, 4.69) is 6.08 Å². The van der Waals surface area contributed by atoms with Crippen LogP contribution in [0.25, 0.3) is 0 Å². The molecule has 15 heavy (non-hydrogen) atoms. The number of carbonyl (C=O) groups is 1. The van der Waals surface area contributed by atoms with Crippen molar-refractivity contribution in [3.63, 3.8) is 0 Å². The second kappa shape index (κ2) is 2.51. The number of fused-ring (bicyclic) bond motifs is 5. The first-order valence-electron chi connectivity index (χ1n) is 5.05. The van der Waals surface area contributed by atoms with Crippen molar-refractivity contribution in [2.75, 3.05) is 0 Å². The van der Waals surface area contributed by atoms with Crippen LogP contribution in [-0.4, -0.2) is 21.9 Å². The SMILES string of the molecule is N=C1C(C(=O)O)=C(O)C2C3C=CC(C3)C12. The van der Waals surface area contributed by atoms with Crippen LogP contribution in [0.15, 0.2) is 23.5 Å². The van der Waals surface area contributed by atoms with Gasteiger partial charge in [-0.05, 0) is 18.3 Å². The number of aliphatic hydroxyl groups is 1. The highest BCUT2D eigenvalue weighted by Gasteiger charge is 2.55. The molecule has 3 N–H and O–H groups in total. The van der Waals surface area contributed by atoms with Gasteiger partial charge in [0.2, 0.25) is 0 Å². The number of carboxylic acid groups (broad SMARTS) is 1. The van der Waals surface area contributed by atoms with Crippen molar-refractivity contribution in [3.8, 4) is 0 Å². The average molecular weight is 205 g/mol. The predicted octanol–water partition coefficient (Wildman–Crippen LogP) is 1.35. The number of rotatable bonds is 1. The summed E-state index contributed by atoms with van der Waals surface area (Å²) in [5, 5.41) is 26.6. The van der Waals surface area contributed by atoms with Crippen molar-refractivity contribution < 1.29 is 15.0 Å². The molecule has 0 aromatic rings. The van der Waals surface area contributed by atoms with Crippen molar-refractivity contribution in [2.24, 2.45) is 23.7 Å². The maximum absolute atomic E-state index is 10.9. The third-order valence-electron chi connectivity index (χ3n) is 3.85. The largest absolute Gasteiger partial charge is 0.511 e. The zero-order chi connectivity index (χ0) is 10.7. The molecule has 0 saturated heterocycles. The fourth-order valence-electron chi connectivity index (χ4n) is 3.28. The molecular formula is C11H11NO3. The van der Waals surface area contributed by atoms with Crippen molar-refractivity contribution in [1.82, 2.24) is 0 Å². The summed E-state index contributed by atoms with van der Waals surface area (Å²) in [4.78, 5) is 10.9. The summed E-state index contributed by atoms with van der Waals surface area (Å²) in [5.41, 5.74) is -0.0507. The molecule has 4 atom stereocenters. The van der Waals surface area contributed by atoms with E-state index in [0.717, 1.165) is 6.42 Å². The number of aliphatic hydroxyl groups excluding tert-OH is 1. The van der Waals surface area contributed by atoms with Crippen molar-refractivity contribution >= 4 is 11.7 Å². The number of hydrogen-bond acceptors (Lipinski definition) is 3. The normalized spacial score (nSPS) is 41.5. The summed E-state index contributed by atoms with van der Waals surface area (Å²) < 4.78 is 0. The van der Waals surface area contributed by atoms with Gasteiger partial charge in [0.1, 0.15) is 11.3 Å². The van der Waals surface area contributed by atoms with Crippen LogP contribution < -0.4 is 0 Å². The molecule has 4 unspecified atom stereocenters. The van der Waals surface area contributed by atoms with Gasteiger partial charge in [-0.3, -0.25) is 0 Å². The summed E-state index contributed by atoms with van der Waals surface area (Å²) in [6.45, 7) is 0. The van der Waals surface area contributed by atoms with Gasteiger partial charge in [0.25, 0.3) is 0 Å². The maximum Gasteiger partial charge on any atom is 0.340 e. The first kappa shape index (κ1) is 8.71. The molecule has 78 valence electrons. The van der Waals surface area contributed by atoms with Crippen LogP contribution in [0, 0.1) is 29.1 Å². The monoisotopic (exact) mass is 205 g/mol. The molecule has 2 bridgehead atoms. The van der Waals surface area contributed by atoms with E-state index in [1.54, 1.807) is 0 Å². The molecule has 1 fully saturated rings. The summed E-state index contributed by atoms with van der Waals surface area (Å²) >= 11 is 0. The minimum atomic E-state index is -1.17. The van der Waals surface area contributed by atoms with Crippen LogP contribution in [0.1, 0.15) is 6.42 Å². The van der Waals surface area contributed by atoms with Gasteiger partial charge in [-0.1, -0.05) is 12.2 Å². The fraction of sp³-hybridized carbons (Fsp3) is 0.455. The van der Waals surface area contributed by atoms with Gasteiger partial charge in [0.15, 0.2) is 0 Å². The van der Waals surface area contributed by atoms with E-state index in [1.807, 2.05) is 6.08 Å². The van der Waals surface area contributed by atoms with Crippen LogP contribution in [-0.2, 0) is 4.79 Å². The summed E-state index contributed by atoms with van der Waals surface area (Å²) in [6, 6.07) is 0. The third kappa shape index (κ3) is 0.868. The van der Waals surface area contributed by atoms with Gasteiger partial charge in [-0.2, -0.15) is 0 Å². The van der Waals surface area contributed by atoms with Crippen LogP contribution in [0.4, 0.5) is 0 Å². The third-order valence-corrected chi connectivity index (χ3v) is 3.85. The lowest BCUT2D eigenvalue weighted by molar-refractivity contribution is -0.132. The van der Waals surface area contributed by atoms with Crippen LogP contribution >= 0.6 is 0 Å². The zero-order valence-corrected chi connectivity index (χ0v) is 7.97. The van der Waals surface area contributed by atoms with E-state index in [-0.39, 0.29) is 40.7 Å². The smallest absolute Gasteiger partial charge is 0.340 e. The van der Waals surface area contributed by atoms with Gasteiger partial charge in [-0.15, -0.1) is 0 Å². The van der Waals surface area contributed by atoms with Crippen molar-refractivity contribution in [3.05, 3.63) is 23.5 Å². The Morgan fingerprint density at radius 2 is 1.93 bits per heavy atom. The number of carboxylic acids is 1. The van der Waals surface area contributed by atoms with E-state index < -0.39 is 5.97 Å². The zero-order valence-electron chi connectivity index (χ0n) is 7.97. The Morgan fingerprint density at radius 3 is 2.47 bits per heavy atom. The minimum Gasteiger partial charge on any atom is -0.511 e. The van der Waals surface area contributed by atoms with E-state index in [9.17, 15) is 9.90 Å². The highest BCUT2D eigenvalue weighted by molar-refractivity contribution is 6.21. The number of hydrogen-bond donors (Lipinski definition) is 3. The Morgan fingerprint density at radius 1 is 1.33 bits per heavy atom. The molecule has 0 aromatic carbocycles. The number of allylic oxidation sites excluding steroid dienone is 3. The summed E-state index contributed by atoms with van der Waals surface area (Å²) in [6.07, 6.45) is 5.05. The van der Waals surface area contributed by atoms with Crippen molar-refractivity contribution in [1.29, 1.82) is 5.41 Å². The van der Waals surface area contributed by atoms with Gasteiger partial charge in [0.05, 0.1) is 5.71 Å². The van der Waals surface area contributed by atoms with E-state index >= 15 is 0 Å². The maximum atomic E-state index is 10.9. The van der Waals surface area contributed by atoms with E-state index in [0.29, 0.717) is 0 Å². The molecule has 4 nitrogen and oxygen atoms in total. The lowest BCUT2D eigenvalue weighted by Crippen LogP contribution is -2.22. The molecule has 1 saturated carbocycles. The van der Waals surface area contributed by atoms with E-state index in [1.165, 1.54) is 0 Å². The second-order valence-electron chi connectivity index (χ2n) is 4.48. The molecule has 0 spiro atoms. The minimum absolute atomic E-state index is 0.0747. The van der Waals surface area contributed by atoms with Gasteiger partial charge < -0.3 is 15.6 Å². The topological polar surface area (TPSA) is 81.4 Å². The molecule has 0 aromatic heterocycles. The fourth-order valence-corrected chi connectivity index (χ4v) is 3.28. The molecular weight excluding hydrogens is 194 g/mol. The Kier molecular flexibility index (Phi) is 1.45. The van der Waals surface area contributed by atoms with Crippen LogP contribution in [0.3, 0.4) is 0 Å². The molecule has 0 heterocycles. The van der Waals surface area contributed by atoms with Gasteiger partial charge >= 0.3 is 5.97 Å². The van der Waals surface area contributed by atoms with Crippen molar-refractivity contribution in [2.45, 2.75) is 6.42 Å². The highest BCUT2D eigenvalue weighted by atomic mass is 16.4. The molecule has 3 aliphatic rings. The molecule has 0 amide bonds. The quantitative estimate of drug-likeness (QED) is 0.565. The Hall–Kier alpha value is -1.58. The predicted molar refractivity (Wildman–Crippen MR) is 52.7 cm³/mol. The van der Waals surface area contributed by atoms with E-state index in [4.69, 9.17) is 10.5 Å². The highest BCUT2D eigenvalue weighted by Crippen LogP contribution is 2.55. The summed E-state index contributed by atoms with van der Waals surface area (Å²) in [5.74, 6) is -0.992. The van der Waals surface area contributed by atoms with Gasteiger partial charge in [-0.25, -0.2) is 4.79 Å². The van der Waals surface area contributed by atoms with Gasteiger partial charge in [0, 0.05) is 11.8 Å². The average Bonchev–Trinajstić information content (AvgIpc) is 2.79. The summed E-state index contributed by atoms with van der Waals surface area (Å²) in [7, 11) is 0. The second-order valence-corrected chi connectivity index (χ2v) is 4.48. The first-order valence-corrected chi connectivity index (χ1v) is 5.05. The first-order chi connectivity index (χ1) is 7.11. The Balaban J connectivity index is 2.10. The Labute approximate surface area is 86.4 Å². The Bertz CT molecular complexity index is 435. The molecule has 3 aliphatic carbocycles. The number of nitrogens with one attached hydrogen (secondary N) is 1. The lowest BCUT2D eigenvalue weighted by atomic mass is 9.84. The molecule has 3 rings (SSSR count). The number of aliphatic carboxylic acids is 1. The standard InChI is InChI=1S/C11H11NO3/c12-9-6-4-1-2-5(3-4)7(6)10(13)8(9)11(14)15/h1-2,4-7,12-13H,3H2,(H,14,15). The van der Waals surface area contributed by atoms with Crippen LogP contribution in [0.5, 0.6) is 0 Å². The molecule has 4 heteroatoms. The lowest BCUT2D eigenvalue weighted by Gasteiger charge is -2.20. The molecule has 0 radical (unpaired) electrons. The van der Waals surface area contributed by atoms with Crippen LogP contribution in [0.2, 0.25) is 0 Å².